The van der Waals surface area contributed by atoms with Crippen LogP contribution in [0.4, 0.5) is 0 Å². The van der Waals surface area contributed by atoms with Gasteiger partial charge in [0.2, 0.25) is 5.91 Å². The van der Waals surface area contributed by atoms with E-state index in [1.54, 1.807) is 0 Å². The summed E-state index contributed by atoms with van der Waals surface area (Å²) in [6.45, 7) is 3.51. The number of halogens is 2. The number of nitrogens with zero attached hydrogens (tertiary/aromatic N) is 1. The van der Waals surface area contributed by atoms with Crippen molar-refractivity contribution in [1.82, 2.24) is 15.5 Å². The Morgan fingerprint density at radius 2 is 1.77 bits per heavy atom. The molecule has 1 atom stereocenters. The molecular weight excluding hydrogens is 321 g/mol. The van der Waals surface area contributed by atoms with Gasteiger partial charge in [0.15, 0.2) is 0 Å². The highest BCUT2D eigenvalue weighted by molar-refractivity contribution is 5.85. The highest BCUT2D eigenvalue weighted by Crippen LogP contribution is 2.18. The van der Waals surface area contributed by atoms with Gasteiger partial charge in [-0.1, -0.05) is 31.2 Å². The van der Waals surface area contributed by atoms with Gasteiger partial charge in [-0.3, -0.25) is 4.79 Å². The molecule has 1 amide bonds. The lowest BCUT2D eigenvalue weighted by Gasteiger charge is -2.25. The minimum atomic E-state index is 0. The van der Waals surface area contributed by atoms with Crippen molar-refractivity contribution in [2.45, 2.75) is 25.8 Å². The Hall–Kier alpha value is -0.810. The van der Waals surface area contributed by atoms with Crippen LogP contribution in [0.25, 0.3) is 0 Å². The van der Waals surface area contributed by atoms with Gasteiger partial charge in [-0.2, -0.15) is 0 Å². The van der Waals surface area contributed by atoms with Crippen molar-refractivity contribution >= 4 is 30.7 Å². The molecule has 1 aromatic rings. The van der Waals surface area contributed by atoms with E-state index >= 15 is 0 Å². The molecule has 2 N–H and O–H groups in total. The molecule has 0 saturated heterocycles. The van der Waals surface area contributed by atoms with E-state index in [0.29, 0.717) is 19.5 Å². The zero-order chi connectivity index (χ0) is 15.0. The van der Waals surface area contributed by atoms with Gasteiger partial charge < -0.3 is 15.5 Å². The molecule has 1 unspecified atom stereocenters. The van der Waals surface area contributed by atoms with Gasteiger partial charge in [0.25, 0.3) is 0 Å². The fraction of sp³-hybridized carbons (Fsp3) is 0.562. The molecule has 0 aliphatic heterocycles. The zero-order valence-corrected chi connectivity index (χ0v) is 15.5. The van der Waals surface area contributed by atoms with Gasteiger partial charge in [0.1, 0.15) is 0 Å². The number of nitrogens with one attached hydrogen (secondary N) is 2. The van der Waals surface area contributed by atoms with Crippen LogP contribution in [0, 0.1) is 0 Å². The summed E-state index contributed by atoms with van der Waals surface area (Å²) in [5.41, 5.74) is 2.57. The summed E-state index contributed by atoms with van der Waals surface area (Å²) < 4.78 is 0. The van der Waals surface area contributed by atoms with Crippen LogP contribution in [-0.2, 0) is 11.2 Å². The molecule has 0 radical (unpaired) electrons. The summed E-state index contributed by atoms with van der Waals surface area (Å²) in [4.78, 5) is 13.8. The Morgan fingerprint density at radius 3 is 2.23 bits per heavy atom. The van der Waals surface area contributed by atoms with Crippen molar-refractivity contribution in [2.24, 2.45) is 0 Å². The monoisotopic (exact) mass is 349 g/mol. The first kappa shape index (κ1) is 23.5. The van der Waals surface area contributed by atoms with Crippen molar-refractivity contribution in [3.05, 3.63) is 35.4 Å². The molecule has 1 aromatic carbocycles. The summed E-state index contributed by atoms with van der Waals surface area (Å²) in [6, 6.07) is 8.84. The molecule has 0 aliphatic rings. The molecule has 4 nitrogen and oxygen atoms in total. The Labute approximate surface area is 146 Å². The van der Waals surface area contributed by atoms with Gasteiger partial charge in [-0.05, 0) is 38.7 Å². The van der Waals surface area contributed by atoms with Crippen molar-refractivity contribution in [3.8, 4) is 0 Å². The zero-order valence-electron chi connectivity index (χ0n) is 13.9. The molecule has 0 heterocycles. The molecule has 0 bridgehead atoms. The fourth-order valence-electron chi connectivity index (χ4n) is 2.11. The smallest absolute Gasteiger partial charge is 0.221 e. The second kappa shape index (κ2) is 12.7. The predicted molar refractivity (Wildman–Crippen MR) is 98.3 cm³/mol. The number of hydrogen-bond donors (Lipinski definition) is 2. The van der Waals surface area contributed by atoms with Crippen molar-refractivity contribution < 1.29 is 4.79 Å². The third kappa shape index (κ3) is 7.99. The Bertz CT molecular complexity index is 410. The summed E-state index contributed by atoms with van der Waals surface area (Å²) in [6.07, 6.45) is 1.57. The van der Waals surface area contributed by atoms with Crippen LogP contribution in [0.2, 0.25) is 0 Å². The number of aryl methyl sites for hydroxylation is 1. The number of benzene rings is 1. The number of carbonyl (C=O) groups is 1. The fourth-order valence-corrected chi connectivity index (χ4v) is 2.11. The van der Waals surface area contributed by atoms with E-state index in [4.69, 9.17) is 0 Å². The largest absolute Gasteiger partial charge is 0.354 e. The first-order chi connectivity index (χ1) is 9.58. The lowest BCUT2D eigenvalue weighted by Crippen LogP contribution is -2.35. The predicted octanol–water partition coefficient (Wildman–Crippen LogP) is 2.42. The SMILES string of the molecule is CCc1ccc(C(CNC(=O)CCNC)N(C)C)cc1.Cl.Cl. The van der Waals surface area contributed by atoms with E-state index in [0.717, 1.165) is 6.42 Å². The lowest BCUT2D eigenvalue weighted by atomic mass is 10.0. The molecular formula is C16H29Cl2N3O. The normalized spacial score (nSPS) is 11.3. The topological polar surface area (TPSA) is 44.4 Å². The number of likely N-dealkylation sites (N-methyl/N-ethyl adjacent to an activating group) is 1. The van der Waals surface area contributed by atoms with Crippen LogP contribution in [0.5, 0.6) is 0 Å². The second-order valence-electron chi connectivity index (χ2n) is 5.23. The molecule has 0 aromatic heterocycles. The Kier molecular flexibility index (Phi) is 13.5. The molecule has 1 rings (SSSR count). The van der Waals surface area contributed by atoms with Gasteiger partial charge in [-0.25, -0.2) is 0 Å². The maximum atomic E-state index is 11.7. The summed E-state index contributed by atoms with van der Waals surface area (Å²) in [5.74, 6) is 0.0939. The van der Waals surface area contributed by atoms with Crippen LogP contribution in [0.15, 0.2) is 24.3 Å². The average Bonchev–Trinajstić information content (AvgIpc) is 2.45. The van der Waals surface area contributed by atoms with Crippen molar-refractivity contribution in [1.29, 1.82) is 0 Å². The van der Waals surface area contributed by atoms with E-state index in [1.165, 1.54) is 11.1 Å². The molecule has 0 saturated carbocycles. The molecule has 22 heavy (non-hydrogen) atoms. The summed E-state index contributed by atoms with van der Waals surface area (Å²) in [7, 11) is 5.93. The minimum Gasteiger partial charge on any atom is -0.354 e. The van der Waals surface area contributed by atoms with E-state index < -0.39 is 0 Å². The Balaban J connectivity index is 0. The van der Waals surface area contributed by atoms with Gasteiger partial charge >= 0.3 is 0 Å². The lowest BCUT2D eigenvalue weighted by molar-refractivity contribution is -0.121. The van der Waals surface area contributed by atoms with Crippen LogP contribution in [0.1, 0.15) is 30.5 Å². The minimum absolute atomic E-state index is 0. The quantitative estimate of drug-likeness (QED) is 0.757. The maximum Gasteiger partial charge on any atom is 0.221 e. The third-order valence-electron chi connectivity index (χ3n) is 3.49. The molecule has 128 valence electrons. The molecule has 0 aliphatic carbocycles. The maximum absolute atomic E-state index is 11.7. The van der Waals surface area contributed by atoms with Crippen LogP contribution < -0.4 is 10.6 Å². The van der Waals surface area contributed by atoms with Crippen LogP contribution >= 0.6 is 24.8 Å². The van der Waals surface area contributed by atoms with Crippen molar-refractivity contribution in [3.63, 3.8) is 0 Å². The number of rotatable bonds is 8. The van der Waals surface area contributed by atoms with Crippen LogP contribution in [0.3, 0.4) is 0 Å². The highest BCUT2D eigenvalue weighted by atomic mass is 35.5. The first-order valence-electron chi connectivity index (χ1n) is 7.25. The van der Waals surface area contributed by atoms with Gasteiger partial charge in [0, 0.05) is 19.5 Å². The first-order valence-corrected chi connectivity index (χ1v) is 7.25. The van der Waals surface area contributed by atoms with E-state index in [-0.39, 0.29) is 36.8 Å². The summed E-state index contributed by atoms with van der Waals surface area (Å²) in [5, 5.41) is 5.99. The van der Waals surface area contributed by atoms with E-state index in [2.05, 4.69) is 46.7 Å². The molecule has 0 spiro atoms. The standard InChI is InChI=1S/C16H27N3O.2ClH/c1-5-13-6-8-14(9-7-13)15(19(3)4)12-18-16(20)10-11-17-2;;/h6-9,15,17H,5,10-12H2,1-4H3,(H,18,20);2*1H. The van der Waals surface area contributed by atoms with E-state index in [1.807, 2.05) is 21.1 Å². The Morgan fingerprint density at radius 1 is 1.18 bits per heavy atom. The number of amides is 1. The average molecular weight is 350 g/mol. The molecule has 0 fully saturated rings. The van der Waals surface area contributed by atoms with E-state index in [9.17, 15) is 4.79 Å². The van der Waals surface area contributed by atoms with Gasteiger partial charge in [-0.15, -0.1) is 24.8 Å². The number of carbonyl (C=O) groups excluding carboxylic acids is 1. The highest BCUT2D eigenvalue weighted by Gasteiger charge is 2.15. The van der Waals surface area contributed by atoms with Crippen LogP contribution in [-0.4, -0.2) is 45.0 Å². The van der Waals surface area contributed by atoms with Crippen molar-refractivity contribution in [2.75, 3.05) is 34.2 Å². The van der Waals surface area contributed by atoms with Gasteiger partial charge in [0.05, 0.1) is 6.04 Å². The molecule has 6 heteroatoms. The summed E-state index contributed by atoms with van der Waals surface area (Å²) >= 11 is 0. The second-order valence-corrected chi connectivity index (χ2v) is 5.23. The number of hydrogen-bond acceptors (Lipinski definition) is 3. The third-order valence-corrected chi connectivity index (χ3v) is 3.49.